The van der Waals surface area contributed by atoms with Crippen molar-refractivity contribution in [3.63, 3.8) is 0 Å². The second-order valence-corrected chi connectivity index (χ2v) is 4.85. The van der Waals surface area contributed by atoms with Gasteiger partial charge in [0.2, 0.25) is 0 Å². The summed E-state index contributed by atoms with van der Waals surface area (Å²) in [7, 11) is 0. The molecule has 98 valence electrons. The van der Waals surface area contributed by atoms with Gasteiger partial charge in [-0.1, -0.05) is 38.1 Å². The molecule has 0 saturated carbocycles. The number of hydrogen-bond donors (Lipinski definition) is 1. The van der Waals surface area contributed by atoms with E-state index in [0.717, 1.165) is 31.5 Å². The van der Waals surface area contributed by atoms with Crippen LogP contribution in [0.2, 0.25) is 0 Å². The van der Waals surface area contributed by atoms with E-state index < -0.39 is 11.5 Å². The third-order valence-corrected chi connectivity index (χ3v) is 4.10. The molecular weight excluding hydrogens is 226 g/mol. The van der Waals surface area contributed by atoms with Gasteiger partial charge in [0.15, 0.2) is 0 Å². The SMILES string of the molecule is CCN(CC)C1(C(=O)O)CCCc2ccccc21. The van der Waals surface area contributed by atoms with Crippen LogP contribution < -0.4 is 0 Å². The number of fused-ring (bicyclic) bond motifs is 1. The van der Waals surface area contributed by atoms with Crippen LogP contribution in [0.4, 0.5) is 0 Å². The normalized spacial score (nSPS) is 22.8. The summed E-state index contributed by atoms with van der Waals surface area (Å²) in [6.07, 6.45) is 2.65. The number of benzene rings is 1. The first-order valence-corrected chi connectivity index (χ1v) is 6.73. The predicted molar refractivity (Wildman–Crippen MR) is 71.6 cm³/mol. The van der Waals surface area contributed by atoms with Crippen LogP contribution in [-0.4, -0.2) is 29.1 Å². The molecule has 2 rings (SSSR count). The monoisotopic (exact) mass is 247 g/mol. The molecule has 0 spiro atoms. The Morgan fingerprint density at radius 3 is 2.61 bits per heavy atom. The maximum Gasteiger partial charge on any atom is 0.328 e. The molecule has 0 aromatic heterocycles. The molecule has 0 saturated heterocycles. The maximum absolute atomic E-state index is 12.0. The summed E-state index contributed by atoms with van der Waals surface area (Å²) in [5.41, 5.74) is 1.36. The molecule has 1 aliphatic carbocycles. The highest BCUT2D eigenvalue weighted by Crippen LogP contribution is 2.40. The van der Waals surface area contributed by atoms with Gasteiger partial charge in [-0.15, -0.1) is 0 Å². The van der Waals surface area contributed by atoms with Gasteiger partial charge in [0, 0.05) is 0 Å². The van der Waals surface area contributed by atoms with Crippen molar-refractivity contribution < 1.29 is 9.90 Å². The van der Waals surface area contributed by atoms with Crippen LogP contribution in [0.5, 0.6) is 0 Å². The van der Waals surface area contributed by atoms with Crippen molar-refractivity contribution in [1.29, 1.82) is 0 Å². The van der Waals surface area contributed by atoms with Crippen LogP contribution >= 0.6 is 0 Å². The third-order valence-electron chi connectivity index (χ3n) is 4.10. The zero-order chi connectivity index (χ0) is 13.2. The number of aliphatic carboxylic acids is 1. The summed E-state index contributed by atoms with van der Waals surface area (Å²) in [5.74, 6) is -0.710. The van der Waals surface area contributed by atoms with Crippen LogP contribution in [0, 0.1) is 0 Å². The third kappa shape index (κ3) is 1.83. The minimum Gasteiger partial charge on any atom is -0.480 e. The molecule has 1 aliphatic rings. The van der Waals surface area contributed by atoms with E-state index in [1.807, 2.05) is 32.0 Å². The Labute approximate surface area is 108 Å². The van der Waals surface area contributed by atoms with Crippen molar-refractivity contribution in [3.8, 4) is 0 Å². The minimum absolute atomic E-state index is 0.709. The van der Waals surface area contributed by atoms with Crippen LogP contribution in [0.25, 0.3) is 0 Å². The molecule has 0 heterocycles. The standard InChI is InChI=1S/C15H21NO2/c1-3-16(4-2)15(14(17)18)11-7-9-12-8-5-6-10-13(12)15/h5-6,8,10H,3-4,7,9,11H2,1-2H3,(H,17,18). The summed E-state index contributed by atoms with van der Waals surface area (Å²) < 4.78 is 0. The fourth-order valence-electron chi connectivity index (χ4n) is 3.26. The van der Waals surface area contributed by atoms with E-state index in [-0.39, 0.29) is 0 Å². The van der Waals surface area contributed by atoms with Gasteiger partial charge < -0.3 is 5.11 Å². The summed E-state index contributed by atoms with van der Waals surface area (Å²) >= 11 is 0. The van der Waals surface area contributed by atoms with Crippen molar-refractivity contribution in [1.82, 2.24) is 4.90 Å². The van der Waals surface area contributed by atoms with Crippen molar-refractivity contribution in [2.45, 2.75) is 38.6 Å². The van der Waals surface area contributed by atoms with Gasteiger partial charge in [-0.05, 0) is 43.5 Å². The molecule has 0 fully saturated rings. The van der Waals surface area contributed by atoms with E-state index in [2.05, 4.69) is 11.0 Å². The highest BCUT2D eigenvalue weighted by Gasteiger charge is 2.47. The Morgan fingerprint density at radius 2 is 2.00 bits per heavy atom. The first-order chi connectivity index (χ1) is 8.66. The molecule has 1 atom stereocenters. The molecule has 1 aromatic rings. The molecule has 1 aromatic carbocycles. The summed E-state index contributed by atoms with van der Waals surface area (Å²) in [5, 5.41) is 9.83. The molecule has 18 heavy (non-hydrogen) atoms. The van der Waals surface area contributed by atoms with Gasteiger partial charge in [-0.2, -0.15) is 0 Å². The van der Waals surface area contributed by atoms with Crippen LogP contribution in [0.1, 0.15) is 37.8 Å². The average Bonchev–Trinajstić information content (AvgIpc) is 2.40. The molecule has 1 unspecified atom stereocenters. The van der Waals surface area contributed by atoms with Gasteiger partial charge in [-0.25, -0.2) is 4.79 Å². The van der Waals surface area contributed by atoms with E-state index in [1.54, 1.807) is 0 Å². The fourth-order valence-corrected chi connectivity index (χ4v) is 3.26. The molecule has 0 aliphatic heterocycles. The van der Waals surface area contributed by atoms with Crippen molar-refractivity contribution in [2.75, 3.05) is 13.1 Å². The maximum atomic E-state index is 12.0. The van der Waals surface area contributed by atoms with Gasteiger partial charge in [0.05, 0.1) is 0 Å². The number of rotatable bonds is 4. The lowest BCUT2D eigenvalue weighted by molar-refractivity contribution is -0.153. The Bertz CT molecular complexity index is 440. The molecule has 0 amide bonds. The van der Waals surface area contributed by atoms with Crippen molar-refractivity contribution in [3.05, 3.63) is 35.4 Å². The predicted octanol–water partition coefficient (Wildman–Crippen LogP) is 2.64. The number of hydrogen-bond acceptors (Lipinski definition) is 2. The Hall–Kier alpha value is -1.35. The number of nitrogens with zero attached hydrogens (tertiary/aromatic N) is 1. The van der Waals surface area contributed by atoms with Crippen molar-refractivity contribution in [2.24, 2.45) is 0 Å². The number of aryl methyl sites for hydroxylation is 1. The van der Waals surface area contributed by atoms with Crippen LogP contribution in [-0.2, 0) is 16.8 Å². The number of carbonyl (C=O) groups is 1. The molecule has 1 N–H and O–H groups in total. The Kier molecular flexibility index (Phi) is 3.71. The quantitative estimate of drug-likeness (QED) is 0.889. The highest BCUT2D eigenvalue weighted by atomic mass is 16.4. The second kappa shape index (κ2) is 5.11. The van der Waals surface area contributed by atoms with E-state index in [1.165, 1.54) is 5.56 Å². The lowest BCUT2D eigenvalue weighted by Crippen LogP contribution is -2.53. The lowest BCUT2D eigenvalue weighted by atomic mass is 9.75. The minimum atomic E-state index is -0.821. The molecule has 3 heteroatoms. The fraction of sp³-hybridized carbons (Fsp3) is 0.533. The lowest BCUT2D eigenvalue weighted by Gasteiger charge is -2.43. The molecule has 3 nitrogen and oxygen atoms in total. The average molecular weight is 247 g/mol. The van der Waals surface area contributed by atoms with E-state index in [0.29, 0.717) is 6.42 Å². The van der Waals surface area contributed by atoms with E-state index >= 15 is 0 Å². The van der Waals surface area contributed by atoms with E-state index in [9.17, 15) is 9.90 Å². The van der Waals surface area contributed by atoms with Crippen molar-refractivity contribution >= 4 is 5.97 Å². The zero-order valence-electron chi connectivity index (χ0n) is 11.1. The Morgan fingerprint density at radius 1 is 1.33 bits per heavy atom. The summed E-state index contributed by atoms with van der Waals surface area (Å²) in [6, 6.07) is 8.00. The molecule has 0 bridgehead atoms. The summed E-state index contributed by atoms with van der Waals surface area (Å²) in [6.45, 7) is 5.59. The van der Waals surface area contributed by atoms with Gasteiger partial charge in [0.25, 0.3) is 0 Å². The molecule has 0 radical (unpaired) electrons. The smallest absolute Gasteiger partial charge is 0.328 e. The highest BCUT2D eigenvalue weighted by molar-refractivity contribution is 5.82. The number of carboxylic acids is 1. The topological polar surface area (TPSA) is 40.5 Å². The van der Waals surface area contributed by atoms with Crippen LogP contribution in [0.3, 0.4) is 0 Å². The van der Waals surface area contributed by atoms with Crippen LogP contribution in [0.15, 0.2) is 24.3 Å². The zero-order valence-corrected chi connectivity index (χ0v) is 11.1. The number of likely N-dealkylation sites (N-methyl/N-ethyl adjacent to an activating group) is 1. The number of carboxylic acid groups (broad SMARTS) is 1. The van der Waals surface area contributed by atoms with Gasteiger partial charge in [-0.3, -0.25) is 4.90 Å². The Balaban J connectivity index is 2.59. The van der Waals surface area contributed by atoms with Gasteiger partial charge >= 0.3 is 5.97 Å². The summed E-state index contributed by atoms with van der Waals surface area (Å²) in [4.78, 5) is 14.0. The first-order valence-electron chi connectivity index (χ1n) is 6.73. The van der Waals surface area contributed by atoms with E-state index in [4.69, 9.17) is 0 Å². The molecular formula is C15H21NO2. The second-order valence-electron chi connectivity index (χ2n) is 4.85. The van der Waals surface area contributed by atoms with Gasteiger partial charge in [0.1, 0.15) is 5.54 Å². The first kappa shape index (κ1) is 13.1. The largest absolute Gasteiger partial charge is 0.480 e.